The van der Waals surface area contributed by atoms with Crippen molar-refractivity contribution in [1.82, 2.24) is 0 Å². The summed E-state index contributed by atoms with van der Waals surface area (Å²) in [5, 5.41) is 16.7. The quantitative estimate of drug-likeness (QED) is 0.0307. The zero-order chi connectivity index (χ0) is 47.1. The Morgan fingerprint density at radius 1 is 0.537 bits per heavy atom. The third-order valence-corrected chi connectivity index (χ3v) is 17.0. The second-order valence-corrected chi connectivity index (χ2v) is 23.3. The van der Waals surface area contributed by atoms with Crippen LogP contribution in [0.15, 0.2) is 157 Å². The normalized spacial score (nSPS) is 25.6. The topological polar surface area (TPSA) is 152 Å². The Morgan fingerprint density at radius 2 is 0.910 bits per heavy atom. The Balaban J connectivity index is 1.26. The fourth-order valence-corrected chi connectivity index (χ4v) is 8.97. The molecule has 0 aliphatic carbocycles. The van der Waals surface area contributed by atoms with Gasteiger partial charge in [-0.25, -0.2) is 0 Å². The lowest BCUT2D eigenvalue weighted by atomic mass is 9.95. The van der Waals surface area contributed by atoms with E-state index < -0.39 is 69.7 Å². The molecule has 5 aromatic carbocycles. The predicted molar refractivity (Wildman–Crippen MR) is 257 cm³/mol. The van der Waals surface area contributed by atoms with Gasteiger partial charge in [-0.15, -0.1) is 0 Å². The van der Waals surface area contributed by atoms with Crippen LogP contribution in [0.2, 0.25) is 18.1 Å². The van der Waals surface area contributed by atoms with Gasteiger partial charge < -0.3 is 47.4 Å². The van der Waals surface area contributed by atoms with Crippen LogP contribution >= 0.6 is 0 Å². The molecule has 13 nitrogen and oxygen atoms in total. The molecule has 1 N–H and O–H groups in total. The van der Waals surface area contributed by atoms with Crippen LogP contribution in [-0.4, -0.2) is 88.0 Å². The lowest BCUT2D eigenvalue weighted by Crippen LogP contribution is -2.66. The zero-order valence-electron chi connectivity index (χ0n) is 39.1. The van der Waals surface area contributed by atoms with Crippen molar-refractivity contribution < 1.29 is 47.4 Å². The smallest absolute Gasteiger partial charge is 0.195 e. The molecule has 7 rings (SSSR count). The number of benzene rings is 5. The van der Waals surface area contributed by atoms with Gasteiger partial charge in [0.05, 0.1) is 46.2 Å². The minimum absolute atomic E-state index is 0.0440. The number of rotatable bonds is 22. The SMILES string of the molecule is CC(C)(C)[Si](C)(C)O[C@@H]1O[C@H](COCc2ccccc2)[C@@H](O[C@@H]2O[C@H](COCc3ccccc3)[C@H](OCc3ccccc3)[C@H](O)[C@H]2OCc2ccccc2)[C@H](OCc2ccccc2)[C@H]1N=[N+]=[N-]. The highest BCUT2D eigenvalue weighted by atomic mass is 28.4. The van der Waals surface area contributed by atoms with E-state index in [1.165, 1.54) is 0 Å². The fraction of sp³-hybridized carbons (Fsp3) is 0.434. The molecule has 0 spiro atoms. The first-order valence-electron chi connectivity index (χ1n) is 23.1. The molecule has 0 amide bonds. The largest absolute Gasteiger partial charge is 0.392 e. The van der Waals surface area contributed by atoms with Gasteiger partial charge in [-0.2, -0.15) is 0 Å². The second-order valence-electron chi connectivity index (χ2n) is 18.5. The first-order valence-corrected chi connectivity index (χ1v) is 26.0. The van der Waals surface area contributed by atoms with E-state index in [1.807, 2.05) is 152 Å². The average Bonchev–Trinajstić information content (AvgIpc) is 3.33. The molecule has 67 heavy (non-hydrogen) atoms. The minimum Gasteiger partial charge on any atom is -0.392 e. The maximum Gasteiger partial charge on any atom is 0.195 e. The van der Waals surface area contributed by atoms with Crippen LogP contribution in [0.5, 0.6) is 0 Å². The van der Waals surface area contributed by atoms with Gasteiger partial charge in [-0.3, -0.25) is 0 Å². The summed E-state index contributed by atoms with van der Waals surface area (Å²) in [5.74, 6) is 0. The molecule has 0 radical (unpaired) electrons. The molecule has 2 saturated heterocycles. The number of azide groups is 1. The molecule has 5 aromatic rings. The first kappa shape index (κ1) is 50.1. The highest BCUT2D eigenvalue weighted by Crippen LogP contribution is 2.41. The van der Waals surface area contributed by atoms with Crippen molar-refractivity contribution in [2.24, 2.45) is 5.11 Å². The van der Waals surface area contributed by atoms with E-state index in [0.29, 0.717) is 13.2 Å². The van der Waals surface area contributed by atoms with Gasteiger partial charge >= 0.3 is 0 Å². The highest BCUT2D eigenvalue weighted by Gasteiger charge is 2.55. The number of ether oxygens (including phenoxy) is 8. The number of nitrogens with zero attached hydrogens (tertiary/aromatic N) is 3. The van der Waals surface area contributed by atoms with Crippen LogP contribution in [0, 0.1) is 0 Å². The summed E-state index contributed by atoms with van der Waals surface area (Å²) in [6.45, 7) is 11.8. The summed E-state index contributed by atoms with van der Waals surface area (Å²) in [6.07, 6.45) is -9.15. The van der Waals surface area contributed by atoms with Crippen LogP contribution in [0.3, 0.4) is 0 Å². The van der Waals surface area contributed by atoms with Crippen molar-refractivity contribution in [2.75, 3.05) is 13.2 Å². The zero-order valence-corrected chi connectivity index (χ0v) is 40.1. The molecular weight excluding hydrogens is 867 g/mol. The summed E-state index contributed by atoms with van der Waals surface area (Å²) < 4.78 is 60.8. The van der Waals surface area contributed by atoms with E-state index in [2.05, 4.69) is 43.9 Å². The molecule has 14 heteroatoms. The molecule has 2 fully saturated rings. The van der Waals surface area contributed by atoms with Crippen molar-refractivity contribution in [3.63, 3.8) is 0 Å². The van der Waals surface area contributed by atoms with E-state index in [0.717, 1.165) is 27.8 Å². The monoisotopic (exact) mass is 931 g/mol. The summed E-state index contributed by atoms with van der Waals surface area (Å²) in [7, 11) is -2.56. The van der Waals surface area contributed by atoms with E-state index in [9.17, 15) is 10.6 Å². The van der Waals surface area contributed by atoms with E-state index in [4.69, 9.17) is 42.3 Å². The molecule has 10 atom stereocenters. The third kappa shape index (κ3) is 14.1. The van der Waals surface area contributed by atoms with Crippen LogP contribution in [0.4, 0.5) is 0 Å². The molecule has 2 aliphatic rings. The van der Waals surface area contributed by atoms with E-state index in [1.54, 1.807) is 0 Å². The third-order valence-electron chi connectivity index (χ3n) is 12.6. The Morgan fingerprint density at radius 3 is 1.33 bits per heavy atom. The Kier molecular flexibility index (Phi) is 18.3. The number of hydrogen-bond donors (Lipinski definition) is 1. The molecule has 2 aliphatic heterocycles. The van der Waals surface area contributed by atoms with Crippen LogP contribution in [0.1, 0.15) is 48.6 Å². The maximum atomic E-state index is 12.6. The van der Waals surface area contributed by atoms with Crippen LogP contribution in [0.25, 0.3) is 10.4 Å². The molecule has 0 unspecified atom stereocenters. The predicted octanol–water partition coefficient (Wildman–Crippen LogP) is 10.1. The van der Waals surface area contributed by atoms with E-state index >= 15 is 0 Å². The highest BCUT2D eigenvalue weighted by molar-refractivity contribution is 6.74. The molecule has 0 bridgehead atoms. The van der Waals surface area contributed by atoms with Gasteiger partial charge in [-0.1, -0.05) is 178 Å². The molecule has 356 valence electrons. The Labute approximate surface area is 395 Å². The first-order chi connectivity index (χ1) is 32.5. The van der Waals surface area contributed by atoms with Gasteiger partial charge in [0.1, 0.15) is 48.8 Å². The van der Waals surface area contributed by atoms with Gasteiger partial charge in [0, 0.05) is 4.91 Å². The fourth-order valence-electron chi connectivity index (χ4n) is 7.84. The van der Waals surface area contributed by atoms with Crippen LogP contribution < -0.4 is 0 Å². The van der Waals surface area contributed by atoms with Gasteiger partial charge in [0.2, 0.25) is 0 Å². The molecular formula is C53H65N3O10Si. The number of aliphatic hydroxyl groups excluding tert-OH is 1. The lowest BCUT2D eigenvalue weighted by molar-refractivity contribution is -0.357. The standard InChI is InChI=1S/C53H65N3O10Si/c1-53(2,3)67(4,5)66-51-45(55-56-54)49(61-34-41-27-17-9-18-28-41)48(44(63-51)37-59-32-39-23-13-7-14-24-39)65-52-50(62-35-42-29-19-10-20-30-42)46(57)47(60-33-40-25-15-8-16-26-40)43(64-52)36-58-31-38-21-11-6-12-22-38/h6-30,43-52,57H,31-37H2,1-5H3/t43-,44-,45-,46+,47+,48-,49-,50-,51+,52+/m1/s1. The van der Waals surface area contributed by atoms with Crippen LogP contribution in [-0.2, 0) is 75.4 Å². The van der Waals surface area contributed by atoms with Crippen molar-refractivity contribution in [1.29, 1.82) is 0 Å². The van der Waals surface area contributed by atoms with Crippen molar-refractivity contribution in [3.8, 4) is 0 Å². The van der Waals surface area contributed by atoms with E-state index in [-0.39, 0.29) is 38.1 Å². The number of hydrogen-bond acceptors (Lipinski definition) is 11. The second kappa shape index (κ2) is 24.5. The number of aliphatic hydroxyl groups is 1. The summed E-state index contributed by atoms with van der Waals surface area (Å²) in [6, 6.07) is 47.9. The van der Waals surface area contributed by atoms with Crippen molar-refractivity contribution in [2.45, 2.75) is 133 Å². The van der Waals surface area contributed by atoms with Crippen molar-refractivity contribution in [3.05, 3.63) is 190 Å². The average molecular weight is 932 g/mol. The van der Waals surface area contributed by atoms with Gasteiger partial charge in [0.25, 0.3) is 0 Å². The van der Waals surface area contributed by atoms with Gasteiger partial charge in [-0.05, 0) is 51.5 Å². The molecule has 2 heterocycles. The minimum atomic E-state index is -2.56. The Hall–Kier alpha value is -4.77. The molecule has 0 aromatic heterocycles. The lowest BCUT2D eigenvalue weighted by Gasteiger charge is -2.50. The maximum absolute atomic E-state index is 12.6. The molecule has 0 saturated carbocycles. The summed E-state index contributed by atoms with van der Waals surface area (Å²) in [5.41, 5.74) is 14.8. The summed E-state index contributed by atoms with van der Waals surface area (Å²) >= 11 is 0. The Bertz CT molecular complexity index is 2230. The van der Waals surface area contributed by atoms with Crippen molar-refractivity contribution >= 4 is 8.32 Å². The van der Waals surface area contributed by atoms with Gasteiger partial charge in [0.15, 0.2) is 20.9 Å². The summed E-state index contributed by atoms with van der Waals surface area (Å²) in [4.78, 5) is 3.32.